The average Bonchev–Trinajstić information content (AvgIpc) is 2.42. The number of halogens is 1. The Bertz CT molecular complexity index is 604. The molecule has 0 spiro atoms. The van der Waals surface area contributed by atoms with Gasteiger partial charge in [0.1, 0.15) is 5.82 Å². The van der Waals surface area contributed by atoms with E-state index >= 15 is 0 Å². The number of aliphatic hydroxyl groups is 1. The van der Waals surface area contributed by atoms with Crippen LogP contribution < -0.4 is 10.6 Å². The minimum absolute atomic E-state index is 0.139. The predicted molar refractivity (Wildman–Crippen MR) is 77.6 cm³/mol. The molecule has 0 bridgehead atoms. The summed E-state index contributed by atoms with van der Waals surface area (Å²) in [6.07, 6.45) is 0.265. The first kappa shape index (κ1) is 12.7. The van der Waals surface area contributed by atoms with Gasteiger partial charge in [0.2, 0.25) is 0 Å². The van der Waals surface area contributed by atoms with Crippen molar-refractivity contribution in [3.8, 4) is 0 Å². The standard InChI is InChI=1S/C14H16ClN3O/c15-10-3-1-2-9-4-5-13(17-14(9)10)18-7-6-11(16)12(19)8-18/h1-5,11-12,19H,6-8,16H2/t11-,12-/m1/s1. The Morgan fingerprint density at radius 1 is 1.32 bits per heavy atom. The highest BCUT2D eigenvalue weighted by molar-refractivity contribution is 6.35. The SMILES string of the molecule is N[C@@H]1CCN(c2ccc3cccc(Cl)c3n2)C[C@H]1O. The summed E-state index contributed by atoms with van der Waals surface area (Å²) in [6.45, 7) is 1.32. The number of aromatic nitrogens is 1. The summed E-state index contributed by atoms with van der Waals surface area (Å²) >= 11 is 6.17. The van der Waals surface area contributed by atoms with Crippen molar-refractivity contribution in [2.75, 3.05) is 18.0 Å². The Morgan fingerprint density at radius 2 is 2.16 bits per heavy atom. The van der Waals surface area contributed by atoms with E-state index in [0.29, 0.717) is 11.6 Å². The molecule has 19 heavy (non-hydrogen) atoms. The van der Waals surface area contributed by atoms with Crippen molar-refractivity contribution in [2.24, 2.45) is 5.73 Å². The van der Waals surface area contributed by atoms with Gasteiger partial charge in [0.15, 0.2) is 0 Å². The number of piperidine rings is 1. The molecular formula is C14H16ClN3O. The Kier molecular flexibility index (Phi) is 3.31. The van der Waals surface area contributed by atoms with E-state index in [1.165, 1.54) is 0 Å². The predicted octanol–water partition coefficient (Wildman–Crippen LogP) is 1.79. The molecule has 1 aliphatic rings. The van der Waals surface area contributed by atoms with Crippen LogP contribution >= 0.6 is 11.6 Å². The van der Waals surface area contributed by atoms with Crippen LogP contribution in [0.5, 0.6) is 0 Å². The lowest BCUT2D eigenvalue weighted by Crippen LogP contribution is -2.50. The topological polar surface area (TPSA) is 62.4 Å². The van der Waals surface area contributed by atoms with Crippen molar-refractivity contribution in [1.82, 2.24) is 4.98 Å². The van der Waals surface area contributed by atoms with Crippen LogP contribution in [0.4, 0.5) is 5.82 Å². The molecule has 0 unspecified atom stereocenters. The Balaban J connectivity index is 1.95. The highest BCUT2D eigenvalue weighted by atomic mass is 35.5. The average molecular weight is 278 g/mol. The quantitative estimate of drug-likeness (QED) is 0.834. The van der Waals surface area contributed by atoms with Gasteiger partial charge in [-0.05, 0) is 24.6 Å². The third-order valence-electron chi connectivity index (χ3n) is 3.61. The van der Waals surface area contributed by atoms with Gasteiger partial charge in [-0.15, -0.1) is 0 Å². The molecule has 1 fully saturated rings. The zero-order valence-electron chi connectivity index (χ0n) is 10.5. The summed E-state index contributed by atoms with van der Waals surface area (Å²) in [5.74, 6) is 0.839. The van der Waals surface area contributed by atoms with E-state index in [0.717, 1.165) is 29.7 Å². The third-order valence-corrected chi connectivity index (χ3v) is 3.92. The lowest BCUT2D eigenvalue weighted by molar-refractivity contribution is 0.131. The molecule has 3 N–H and O–H groups in total. The molecule has 0 saturated carbocycles. The zero-order chi connectivity index (χ0) is 13.4. The van der Waals surface area contributed by atoms with E-state index in [1.807, 2.05) is 30.3 Å². The normalized spacial score (nSPS) is 23.8. The fourth-order valence-corrected chi connectivity index (χ4v) is 2.66. The third kappa shape index (κ3) is 2.39. The number of anilines is 1. The van der Waals surface area contributed by atoms with E-state index in [4.69, 9.17) is 17.3 Å². The van der Waals surface area contributed by atoms with Crippen molar-refractivity contribution < 1.29 is 5.11 Å². The highest BCUT2D eigenvalue weighted by Gasteiger charge is 2.25. The number of aliphatic hydroxyl groups excluding tert-OH is 1. The lowest BCUT2D eigenvalue weighted by atomic mass is 10.0. The highest BCUT2D eigenvalue weighted by Crippen LogP contribution is 2.25. The molecule has 1 aliphatic heterocycles. The number of rotatable bonds is 1. The number of pyridine rings is 1. The number of nitrogens with two attached hydrogens (primary N) is 1. The molecule has 0 radical (unpaired) electrons. The molecule has 2 aromatic rings. The molecule has 100 valence electrons. The van der Waals surface area contributed by atoms with Crippen LogP contribution in [-0.4, -0.2) is 35.3 Å². The Morgan fingerprint density at radius 3 is 2.95 bits per heavy atom. The molecule has 2 atom stereocenters. The summed E-state index contributed by atoms with van der Waals surface area (Å²) in [5.41, 5.74) is 6.61. The second-order valence-electron chi connectivity index (χ2n) is 4.95. The summed E-state index contributed by atoms with van der Waals surface area (Å²) < 4.78 is 0. The monoisotopic (exact) mass is 277 g/mol. The van der Waals surface area contributed by atoms with Gasteiger partial charge in [0.25, 0.3) is 0 Å². The van der Waals surface area contributed by atoms with Crippen LogP contribution in [0.2, 0.25) is 5.02 Å². The number of para-hydroxylation sites is 1. The summed E-state index contributed by atoms with van der Waals surface area (Å²) in [5, 5.41) is 11.5. The maximum atomic E-state index is 9.86. The lowest BCUT2D eigenvalue weighted by Gasteiger charge is -2.34. The molecule has 1 aromatic carbocycles. The van der Waals surface area contributed by atoms with Crippen molar-refractivity contribution in [1.29, 1.82) is 0 Å². The largest absolute Gasteiger partial charge is 0.390 e. The number of benzene rings is 1. The van der Waals surface area contributed by atoms with E-state index in [2.05, 4.69) is 9.88 Å². The fraction of sp³-hybridized carbons (Fsp3) is 0.357. The van der Waals surface area contributed by atoms with Gasteiger partial charge in [-0.2, -0.15) is 0 Å². The van der Waals surface area contributed by atoms with Crippen LogP contribution in [0.15, 0.2) is 30.3 Å². The minimum atomic E-state index is -0.502. The summed E-state index contributed by atoms with van der Waals surface area (Å²) in [6, 6.07) is 9.56. The number of hydrogen-bond donors (Lipinski definition) is 2. The molecule has 1 saturated heterocycles. The van der Waals surface area contributed by atoms with Crippen molar-refractivity contribution in [3.63, 3.8) is 0 Å². The van der Waals surface area contributed by atoms with Gasteiger partial charge >= 0.3 is 0 Å². The maximum Gasteiger partial charge on any atom is 0.129 e. The maximum absolute atomic E-state index is 9.86. The van der Waals surface area contributed by atoms with Gasteiger partial charge < -0.3 is 15.7 Å². The van der Waals surface area contributed by atoms with Crippen LogP contribution in [0.3, 0.4) is 0 Å². The van der Waals surface area contributed by atoms with E-state index in [-0.39, 0.29) is 6.04 Å². The number of nitrogens with zero attached hydrogens (tertiary/aromatic N) is 2. The number of fused-ring (bicyclic) bond motifs is 1. The Labute approximate surface area is 116 Å². The van der Waals surface area contributed by atoms with Gasteiger partial charge in [0, 0.05) is 24.5 Å². The van der Waals surface area contributed by atoms with Crippen LogP contribution in [0.25, 0.3) is 10.9 Å². The summed E-state index contributed by atoms with van der Waals surface area (Å²) in [4.78, 5) is 6.65. The molecule has 0 aliphatic carbocycles. The molecule has 0 amide bonds. The zero-order valence-corrected chi connectivity index (χ0v) is 11.2. The first-order chi connectivity index (χ1) is 9.15. The van der Waals surface area contributed by atoms with E-state index in [9.17, 15) is 5.11 Å². The first-order valence-corrected chi connectivity index (χ1v) is 6.77. The molecule has 5 heteroatoms. The van der Waals surface area contributed by atoms with Gasteiger partial charge in [-0.3, -0.25) is 0 Å². The number of hydrogen-bond acceptors (Lipinski definition) is 4. The first-order valence-electron chi connectivity index (χ1n) is 6.39. The second-order valence-corrected chi connectivity index (χ2v) is 5.35. The molecule has 3 rings (SSSR count). The minimum Gasteiger partial charge on any atom is -0.390 e. The smallest absolute Gasteiger partial charge is 0.129 e. The van der Waals surface area contributed by atoms with Crippen LogP contribution in [0, 0.1) is 0 Å². The van der Waals surface area contributed by atoms with E-state index < -0.39 is 6.10 Å². The van der Waals surface area contributed by atoms with Crippen molar-refractivity contribution in [3.05, 3.63) is 35.4 Å². The van der Waals surface area contributed by atoms with Gasteiger partial charge in [0.05, 0.1) is 16.6 Å². The second kappa shape index (κ2) is 4.96. The van der Waals surface area contributed by atoms with Crippen molar-refractivity contribution >= 4 is 28.3 Å². The van der Waals surface area contributed by atoms with E-state index in [1.54, 1.807) is 0 Å². The molecular weight excluding hydrogens is 262 g/mol. The molecule has 2 heterocycles. The van der Waals surface area contributed by atoms with Crippen LogP contribution in [0.1, 0.15) is 6.42 Å². The van der Waals surface area contributed by atoms with Crippen molar-refractivity contribution in [2.45, 2.75) is 18.6 Å². The molecule has 4 nitrogen and oxygen atoms in total. The molecule has 1 aromatic heterocycles. The summed E-state index contributed by atoms with van der Waals surface area (Å²) in [7, 11) is 0. The van der Waals surface area contributed by atoms with Crippen LogP contribution in [-0.2, 0) is 0 Å². The Hall–Kier alpha value is -1.36. The fourth-order valence-electron chi connectivity index (χ4n) is 2.43. The van der Waals surface area contributed by atoms with Gasteiger partial charge in [-0.25, -0.2) is 4.98 Å². The number of β-amino-alcohol motifs (C(OH)–C–C–N with tert-alkyl or cyclic N) is 1. The van der Waals surface area contributed by atoms with Gasteiger partial charge in [-0.1, -0.05) is 23.7 Å².